The number of carbonyl (C=O) groups excluding carboxylic acids is 2. The van der Waals surface area contributed by atoms with E-state index in [2.05, 4.69) is 14.7 Å². The first kappa shape index (κ1) is 30.3. The lowest BCUT2D eigenvalue weighted by Crippen LogP contribution is -2.24. The maximum Gasteiger partial charge on any atom is 0.306 e. The molecular weight excluding hydrogens is 544 g/mol. The van der Waals surface area contributed by atoms with Gasteiger partial charge >= 0.3 is 11.9 Å². The van der Waals surface area contributed by atoms with Crippen LogP contribution >= 0.6 is 0 Å². The molecule has 0 radical (unpaired) electrons. The van der Waals surface area contributed by atoms with Crippen molar-refractivity contribution < 1.29 is 42.5 Å². The number of aromatic nitrogens is 2. The van der Waals surface area contributed by atoms with Crippen LogP contribution < -0.4 is 4.74 Å². The molecule has 2 aromatic heterocycles. The summed E-state index contributed by atoms with van der Waals surface area (Å²) in [5.41, 5.74) is 1.75. The molecule has 4 aromatic rings. The van der Waals surface area contributed by atoms with Crippen LogP contribution in [-0.2, 0) is 23.8 Å². The highest BCUT2D eigenvalue weighted by molar-refractivity contribution is 5.71. The monoisotopic (exact) mass is 578 g/mol. The summed E-state index contributed by atoms with van der Waals surface area (Å²) in [6, 6.07) is 14.2. The number of phenolic OH excluding ortho intramolecular Hbond substituents is 1. The Labute approximate surface area is 243 Å². The third-order valence-electron chi connectivity index (χ3n) is 6.68. The van der Waals surface area contributed by atoms with Crippen molar-refractivity contribution in [2.45, 2.75) is 50.2 Å². The Morgan fingerprint density at radius 3 is 1.79 bits per heavy atom. The van der Waals surface area contributed by atoms with E-state index in [0.29, 0.717) is 11.8 Å². The fourth-order valence-electron chi connectivity index (χ4n) is 4.45. The van der Waals surface area contributed by atoms with Gasteiger partial charge in [-0.15, -0.1) is 0 Å². The van der Waals surface area contributed by atoms with E-state index in [1.165, 1.54) is 32.9 Å². The zero-order valence-corrected chi connectivity index (χ0v) is 23.5. The molecule has 1 fully saturated rings. The highest BCUT2D eigenvalue weighted by Crippen LogP contribution is 2.30. The van der Waals surface area contributed by atoms with Gasteiger partial charge in [0.05, 0.1) is 57.9 Å². The van der Waals surface area contributed by atoms with Gasteiger partial charge in [-0.2, -0.15) is 0 Å². The van der Waals surface area contributed by atoms with Crippen LogP contribution in [0.5, 0.6) is 11.5 Å². The van der Waals surface area contributed by atoms with Crippen LogP contribution in [-0.4, -0.2) is 54.1 Å². The summed E-state index contributed by atoms with van der Waals surface area (Å²) in [5.74, 6) is 0.606. The average molecular weight is 579 g/mol. The van der Waals surface area contributed by atoms with E-state index in [1.807, 2.05) is 24.3 Å². The number of phenols is 1. The van der Waals surface area contributed by atoms with Crippen LogP contribution in [0.2, 0.25) is 0 Å². The molecule has 0 saturated carbocycles. The number of aromatic hydroxyl groups is 1. The zero-order chi connectivity index (χ0) is 29.7. The smallest absolute Gasteiger partial charge is 0.306 e. The Kier molecular flexibility index (Phi) is 11.1. The van der Waals surface area contributed by atoms with Gasteiger partial charge in [0.2, 0.25) is 11.8 Å². The second-order valence-corrected chi connectivity index (χ2v) is 9.48. The van der Waals surface area contributed by atoms with Gasteiger partial charge < -0.3 is 32.9 Å². The van der Waals surface area contributed by atoms with E-state index >= 15 is 0 Å². The van der Waals surface area contributed by atoms with Gasteiger partial charge in [0.1, 0.15) is 24.0 Å². The molecule has 3 heterocycles. The topological polar surface area (TPSA) is 143 Å². The molecule has 3 atom stereocenters. The fourth-order valence-corrected chi connectivity index (χ4v) is 4.45. The van der Waals surface area contributed by atoms with Crippen molar-refractivity contribution in [2.24, 2.45) is 0 Å². The molecular formula is C31H34N2O9. The number of esters is 2. The number of benzene rings is 2. The molecule has 0 amide bonds. The Morgan fingerprint density at radius 1 is 0.833 bits per heavy atom. The van der Waals surface area contributed by atoms with E-state index in [1.54, 1.807) is 30.5 Å². The minimum absolute atomic E-state index is 0.141. The molecule has 5 rings (SSSR count). The van der Waals surface area contributed by atoms with Crippen LogP contribution in [0.4, 0.5) is 0 Å². The molecule has 0 spiro atoms. The standard InChI is InChI=1S/C18H21NO5.C13H13NO4/c1-21-16(20)12-15(18-19-9-11-23-18)13-5-7-14(8-6-13)24-17-4-2-3-10-22-17;1-17-12(16)8-11(13-14-6-7-18-13)9-2-4-10(15)5-3-9/h5-9,11,15,17H,2-4,10,12H2,1H3;2-7,11,15H,8H2,1H3. The maximum absolute atomic E-state index is 11.7. The van der Waals surface area contributed by atoms with Gasteiger partial charge in [-0.3, -0.25) is 9.59 Å². The second kappa shape index (κ2) is 15.4. The molecule has 1 aliphatic rings. The molecule has 3 unspecified atom stereocenters. The second-order valence-electron chi connectivity index (χ2n) is 9.48. The number of hydrogen-bond donors (Lipinski definition) is 1. The van der Waals surface area contributed by atoms with Crippen LogP contribution in [0, 0.1) is 0 Å². The number of carbonyl (C=O) groups is 2. The van der Waals surface area contributed by atoms with Crippen LogP contribution in [0.25, 0.3) is 0 Å². The first-order chi connectivity index (χ1) is 20.5. The molecule has 1 N–H and O–H groups in total. The summed E-state index contributed by atoms with van der Waals surface area (Å²) in [4.78, 5) is 31.3. The first-order valence-corrected chi connectivity index (χ1v) is 13.6. The number of methoxy groups -OCH3 is 2. The predicted molar refractivity (Wildman–Crippen MR) is 149 cm³/mol. The van der Waals surface area contributed by atoms with Gasteiger partial charge in [-0.1, -0.05) is 24.3 Å². The summed E-state index contributed by atoms with van der Waals surface area (Å²) < 4.78 is 31.5. The van der Waals surface area contributed by atoms with Gasteiger partial charge in [0.15, 0.2) is 6.29 Å². The minimum atomic E-state index is -0.341. The lowest BCUT2D eigenvalue weighted by Gasteiger charge is -2.23. The number of nitrogens with zero attached hydrogens (tertiary/aromatic N) is 2. The average Bonchev–Trinajstić information content (AvgIpc) is 3.76. The van der Waals surface area contributed by atoms with Gasteiger partial charge in [0.25, 0.3) is 0 Å². The Morgan fingerprint density at radius 2 is 1.36 bits per heavy atom. The van der Waals surface area contributed by atoms with E-state index in [-0.39, 0.29) is 48.7 Å². The highest BCUT2D eigenvalue weighted by atomic mass is 16.7. The third-order valence-corrected chi connectivity index (χ3v) is 6.68. The lowest BCUT2D eigenvalue weighted by molar-refractivity contribution is -0.141. The molecule has 0 aliphatic carbocycles. The van der Waals surface area contributed by atoms with Crippen molar-refractivity contribution >= 4 is 11.9 Å². The summed E-state index contributed by atoms with van der Waals surface area (Å²) >= 11 is 0. The molecule has 1 saturated heterocycles. The Balaban J connectivity index is 0.000000201. The summed E-state index contributed by atoms with van der Waals surface area (Å²) in [6.07, 6.45) is 9.29. The van der Waals surface area contributed by atoms with E-state index in [0.717, 1.165) is 42.7 Å². The van der Waals surface area contributed by atoms with Crippen LogP contribution in [0.15, 0.2) is 82.3 Å². The molecule has 11 nitrogen and oxygen atoms in total. The van der Waals surface area contributed by atoms with Gasteiger partial charge in [-0.05, 0) is 48.2 Å². The largest absolute Gasteiger partial charge is 0.508 e. The normalized spacial score (nSPS) is 15.9. The quantitative estimate of drug-likeness (QED) is 0.243. The maximum atomic E-state index is 11.7. The SMILES string of the molecule is COC(=O)CC(c1ccc(O)cc1)c1ncco1.COC(=O)CC(c1ccc(OC2CCCCO2)cc1)c1ncco1. The van der Waals surface area contributed by atoms with Crippen molar-refractivity contribution in [2.75, 3.05) is 20.8 Å². The minimum Gasteiger partial charge on any atom is -0.508 e. The van der Waals surface area contributed by atoms with Crippen molar-refractivity contribution in [1.29, 1.82) is 0 Å². The molecule has 1 aliphatic heterocycles. The molecule has 0 bridgehead atoms. The first-order valence-electron chi connectivity index (χ1n) is 13.6. The number of ether oxygens (including phenoxy) is 4. The zero-order valence-electron chi connectivity index (χ0n) is 23.5. The predicted octanol–water partition coefficient (Wildman–Crippen LogP) is 5.35. The Hall–Kier alpha value is -4.64. The van der Waals surface area contributed by atoms with E-state index in [4.69, 9.17) is 23.0 Å². The lowest BCUT2D eigenvalue weighted by atomic mass is 9.95. The highest BCUT2D eigenvalue weighted by Gasteiger charge is 2.24. The molecule has 2 aromatic carbocycles. The molecule has 222 valence electrons. The fraction of sp³-hybridized carbons (Fsp3) is 0.355. The van der Waals surface area contributed by atoms with E-state index < -0.39 is 0 Å². The van der Waals surface area contributed by atoms with Crippen molar-refractivity contribution in [1.82, 2.24) is 9.97 Å². The summed E-state index contributed by atoms with van der Waals surface area (Å²) in [5, 5.41) is 9.27. The summed E-state index contributed by atoms with van der Waals surface area (Å²) in [6.45, 7) is 0.744. The van der Waals surface area contributed by atoms with Gasteiger partial charge in [-0.25, -0.2) is 9.97 Å². The van der Waals surface area contributed by atoms with Crippen molar-refractivity contribution in [3.63, 3.8) is 0 Å². The van der Waals surface area contributed by atoms with Crippen LogP contribution in [0.3, 0.4) is 0 Å². The number of oxazole rings is 2. The van der Waals surface area contributed by atoms with Crippen LogP contribution in [0.1, 0.15) is 66.8 Å². The van der Waals surface area contributed by atoms with Crippen molar-refractivity contribution in [3.05, 3.63) is 96.4 Å². The third kappa shape index (κ3) is 8.68. The number of hydrogen-bond acceptors (Lipinski definition) is 11. The van der Waals surface area contributed by atoms with Gasteiger partial charge in [0, 0.05) is 6.42 Å². The van der Waals surface area contributed by atoms with Crippen molar-refractivity contribution in [3.8, 4) is 11.5 Å². The van der Waals surface area contributed by atoms with E-state index in [9.17, 15) is 14.7 Å². The number of rotatable bonds is 10. The molecule has 42 heavy (non-hydrogen) atoms. The Bertz CT molecular complexity index is 1350. The summed E-state index contributed by atoms with van der Waals surface area (Å²) in [7, 11) is 2.71. The molecule has 11 heteroatoms.